The lowest BCUT2D eigenvalue weighted by molar-refractivity contribution is -0.137. The van der Waals surface area contributed by atoms with Crippen LogP contribution in [-0.4, -0.2) is 12.6 Å². The van der Waals surface area contributed by atoms with Gasteiger partial charge < -0.3 is 4.74 Å². The van der Waals surface area contributed by atoms with Crippen molar-refractivity contribution in [1.29, 1.82) is 0 Å². The van der Waals surface area contributed by atoms with E-state index in [1.165, 1.54) is 11.6 Å². The first-order valence-corrected chi connectivity index (χ1v) is 4.53. The van der Waals surface area contributed by atoms with Crippen LogP contribution in [0.25, 0.3) is 0 Å². The summed E-state index contributed by atoms with van der Waals surface area (Å²) in [4.78, 5) is 10.9. The molecule has 0 aliphatic heterocycles. The number of rotatable bonds is 3. The van der Waals surface area contributed by atoms with Crippen molar-refractivity contribution >= 4 is 5.97 Å². The third-order valence-electron chi connectivity index (χ3n) is 1.77. The predicted octanol–water partition coefficient (Wildman–Crippen LogP) is 2.38. The Labute approximate surface area is 78.6 Å². The molecule has 0 aromatic heterocycles. The van der Waals surface area contributed by atoms with E-state index in [1.807, 2.05) is 18.2 Å². The number of carbonyl (C=O) groups excluding carboxylic acids is 1. The van der Waals surface area contributed by atoms with Crippen LogP contribution in [0.4, 0.5) is 0 Å². The van der Waals surface area contributed by atoms with Gasteiger partial charge in [0.15, 0.2) is 0 Å². The minimum Gasteiger partial charge on any atom is -0.463 e. The van der Waals surface area contributed by atoms with Crippen molar-refractivity contribution in [2.24, 2.45) is 0 Å². The molecule has 2 nitrogen and oxygen atoms in total. The second-order valence-corrected chi connectivity index (χ2v) is 2.79. The van der Waals surface area contributed by atoms with Gasteiger partial charge in [-0.15, -0.1) is 0 Å². The Bertz CT molecular complexity index is 259. The van der Waals surface area contributed by atoms with Crippen LogP contribution in [0.3, 0.4) is 0 Å². The van der Waals surface area contributed by atoms with Crippen LogP contribution in [0.1, 0.15) is 19.8 Å². The smallest absolute Gasteiger partial charge is 0.330 e. The first-order chi connectivity index (χ1) is 6.33. The highest BCUT2D eigenvalue weighted by molar-refractivity contribution is 5.82. The van der Waals surface area contributed by atoms with E-state index in [4.69, 9.17) is 4.74 Å². The molecule has 0 N–H and O–H groups in total. The molecule has 0 spiro atoms. The third-order valence-corrected chi connectivity index (χ3v) is 1.77. The summed E-state index contributed by atoms with van der Waals surface area (Å²) in [7, 11) is 0. The van der Waals surface area contributed by atoms with Gasteiger partial charge in [0.2, 0.25) is 0 Å². The molecule has 1 rings (SSSR count). The Balaban J connectivity index is 2.42. The zero-order chi connectivity index (χ0) is 9.52. The number of ether oxygens (including phenoxy) is 1. The minimum absolute atomic E-state index is 0.266. The summed E-state index contributed by atoms with van der Waals surface area (Å²) in [6.07, 6.45) is 11.5. The number of hydrogen-bond donors (Lipinski definition) is 0. The van der Waals surface area contributed by atoms with Gasteiger partial charge in [-0.1, -0.05) is 24.3 Å². The van der Waals surface area contributed by atoms with Crippen LogP contribution in [0.5, 0.6) is 0 Å². The molecular weight excluding hydrogens is 164 g/mol. The molecule has 0 bridgehead atoms. The van der Waals surface area contributed by atoms with E-state index in [2.05, 4.69) is 6.08 Å². The molecule has 13 heavy (non-hydrogen) atoms. The highest BCUT2D eigenvalue weighted by atomic mass is 16.5. The minimum atomic E-state index is -0.266. The summed E-state index contributed by atoms with van der Waals surface area (Å²) in [6.45, 7) is 2.23. The van der Waals surface area contributed by atoms with Gasteiger partial charge in [-0.3, -0.25) is 0 Å². The molecule has 0 aromatic rings. The van der Waals surface area contributed by atoms with Crippen LogP contribution in [0, 0.1) is 0 Å². The molecule has 70 valence electrons. The Morgan fingerprint density at radius 2 is 2.54 bits per heavy atom. The number of carbonyl (C=O) groups is 1. The normalized spacial score (nSPS) is 15.9. The quantitative estimate of drug-likeness (QED) is 0.490. The fraction of sp³-hybridized carbons (Fsp3) is 0.364. The van der Waals surface area contributed by atoms with Gasteiger partial charge in [-0.2, -0.15) is 0 Å². The topological polar surface area (TPSA) is 26.3 Å². The fourth-order valence-electron chi connectivity index (χ4n) is 1.13. The highest BCUT2D eigenvalue weighted by Crippen LogP contribution is 2.12. The molecule has 0 radical (unpaired) electrons. The first kappa shape index (κ1) is 9.78. The van der Waals surface area contributed by atoms with Crippen molar-refractivity contribution in [3.8, 4) is 0 Å². The highest BCUT2D eigenvalue weighted by Gasteiger charge is 1.97. The first-order valence-electron chi connectivity index (χ1n) is 4.53. The Morgan fingerprint density at radius 1 is 1.69 bits per heavy atom. The zero-order valence-electron chi connectivity index (χ0n) is 7.82. The van der Waals surface area contributed by atoms with E-state index in [-0.39, 0.29) is 5.97 Å². The Morgan fingerprint density at radius 3 is 3.15 bits per heavy atom. The van der Waals surface area contributed by atoms with Gasteiger partial charge in [-0.05, 0) is 25.3 Å². The molecule has 1 aliphatic carbocycles. The maximum atomic E-state index is 10.9. The molecular formula is C11H14O2. The maximum absolute atomic E-state index is 10.9. The average molecular weight is 178 g/mol. The zero-order valence-corrected chi connectivity index (χ0v) is 7.82. The van der Waals surface area contributed by atoms with Gasteiger partial charge >= 0.3 is 5.97 Å². The largest absolute Gasteiger partial charge is 0.463 e. The van der Waals surface area contributed by atoms with Crippen LogP contribution in [-0.2, 0) is 9.53 Å². The van der Waals surface area contributed by atoms with Gasteiger partial charge in [0, 0.05) is 6.08 Å². The molecule has 0 heterocycles. The van der Waals surface area contributed by atoms with Crippen LogP contribution in [0.15, 0.2) is 36.0 Å². The molecule has 0 fully saturated rings. The lowest BCUT2D eigenvalue weighted by atomic mass is 10.1. The molecule has 1 aliphatic rings. The molecule has 0 aromatic carbocycles. The van der Waals surface area contributed by atoms with Crippen molar-refractivity contribution in [3.63, 3.8) is 0 Å². The van der Waals surface area contributed by atoms with Crippen molar-refractivity contribution in [1.82, 2.24) is 0 Å². The van der Waals surface area contributed by atoms with E-state index < -0.39 is 0 Å². The number of esters is 1. The Hall–Kier alpha value is -1.31. The Kier molecular flexibility index (Phi) is 4.03. The number of allylic oxidation sites excluding steroid dienone is 5. The van der Waals surface area contributed by atoms with Crippen molar-refractivity contribution in [3.05, 3.63) is 36.0 Å². The van der Waals surface area contributed by atoms with E-state index in [1.54, 1.807) is 6.92 Å². The number of hydrogen-bond acceptors (Lipinski definition) is 2. The van der Waals surface area contributed by atoms with E-state index in [0.29, 0.717) is 6.61 Å². The SMILES string of the molecule is CCOC(=O)C=CC1=CC=CCC1. The van der Waals surface area contributed by atoms with Crippen molar-refractivity contribution in [2.75, 3.05) is 6.61 Å². The molecule has 0 amide bonds. The molecule has 0 saturated heterocycles. The van der Waals surface area contributed by atoms with E-state index in [9.17, 15) is 4.79 Å². The molecule has 0 unspecified atom stereocenters. The second kappa shape index (κ2) is 5.36. The lowest BCUT2D eigenvalue weighted by Gasteiger charge is -2.02. The third kappa shape index (κ3) is 3.74. The fourth-order valence-corrected chi connectivity index (χ4v) is 1.13. The van der Waals surface area contributed by atoms with Crippen molar-refractivity contribution in [2.45, 2.75) is 19.8 Å². The van der Waals surface area contributed by atoms with Gasteiger partial charge in [0.05, 0.1) is 6.61 Å². The van der Waals surface area contributed by atoms with Crippen LogP contribution < -0.4 is 0 Å². The van der Waals surface area contributed by atoms with E-state index >= 15 is 0 Å². The standard InChI is InChI=1S/C11H14O2/c1-2-13-11(12)9-8-10-6-4-3-5-7-10/h3-4,6,8-9H,2,5,7H2,1H3. The molecule has 2 heteroatoms. The van der Waals surface area contributed by atoms with E-state index in [0.717, 1.165) is 12.8 Å². The van der Waals surface area contributed by atoms with Gasteiger partial charge in [0.25, 0.3) is 0 Å². The van der Waals surface area contributed by atoms with Crippen LogP contribution in [0.2, 0.25) is 0 Å². The lowest BCUT2D eigenvalue weighted by Crippen LogP contribution is -1.99. The average Bonchev–Trinajstić information content (AvgIpc) is 2.17. The van der Waals surface area contributed by atoms with Crippen LogP contribution >= 0.6 is 0 Å². The van der Waals surface area contributed by atoms with Gasteiger partial charge in [0.1, 0.15) is 0 Å². The summed E-state index contributed by atoms with van der Waals surface area (Å²) >= 11 is 0. The summed E-state index contributed by atoms with van der Waals surface area (Å²) in [6, 6.07) is 0. The van der Waals surface area contributed by atoms with Crippen molar-refractivity contribution < 1.29 is 9.53 Å². The predicted molar refractivity (Wildman–Crippen MR) is 52.2 cm³/mol. The maximum Gasteiger partial charge on any atom is 0.330 e. The molecule has 0 atom stereocenters. The summed E-state index contributed by atoms with van der Waals surface area (Å²) in [5.74, 6) is -0.266. The summed E-state index contributed by atoms with van der Waals surface area (Å²) < 4.78 is 4.76. The monoisotopic (exact) mass is 178 g/mol. The second-order valence-electron chi connectivity index (χ2n) is 2.79. The van der Waals surface area contributed by atoms with Gasteiger partial charge in [-0.25, -0.2) is 4.79 Å². The summed E-state index contributed by atoms with van der Waals surface area (Å²) in [5, 5.41) is 0. The summed E-state index contributed by atoms with van der Waals surface area (Å²) in [5.41, 5.74) is 1.18. The molecule has 0 saturated carbocycles.